The lowest BCUT2D eigenvalue weighted by Crippen LogP contribution is -2.45. The predicted octanol–water partition coefficient (Wildman–Crippen LogP) is 2.05. The first-order valence-corrected chi connectivity index (χ1v) is 5.47. The molecular weight excluding hydrogens is 202 g/mol. The number of aryl methyl sites for hydroxylation is 1. The molecule has 0 aromatic carbocycles. The highest BCUT2D eigenvalue weighted by Crippen LogP contribution is 2.15. The molecule has 0 aliphatic carbocycles. The van der Waals surface area contributed by atoms with E-state index in [1.807, 2.05) is 34.6 Å². The second-order valence-electron chi connectivity index (χ2n) is 4.76. The average molecular weight is 221 g/mol. The number of amides is 1. The Hall–Kier alpha value is -1.45. The molecule has 0 bridgehead atoms. The zero-order valence-electron chi connectivity index (χ0n) is 10.6. The highest BCUT2D eigenvalue weighted by Gasteiger charge is 2.26. The molecule has 0 saturated heterocycles. The lowest BCUT2D eigenvalue weighted by Gasteiger charge is -2.34. The van der Waals surface area contributed by atoms with Crippen LogP contribution in [0.3, 0.4) is 0 Å². The van der Waals surface area contributed by atoms with Gasteiger partial charge in [-0.2, -0.15) is 0 Å². The van der Waals surface area contributed by atoms with Gasteiger partial charge in [0, 0.05) is 18.3 Å². The Morgan fingerprint density at radius 3 is 2.31 bits per heavy atom. The molecule has 0 fully saturated rings. The third-order valence-corrected chi connectivity index (χ3v) is 2.37. The standard InChI is InChI=1S/C12H19N3O/c1-6-15(12(3,4)5)11(16)10-8-13-9(2)7-14-10/h7-8H,6H2,1-5H3. The minimum absolute atomic E-state index is 0.0671. The Kier molecular flexibility index (Phi) is 3.62. The van der Waals surface area contributed by atoms with E-state index in [1.165, 1.54) is 6.20 Å². The molecule has 1 aromatic heterocycles. The molecular formula is C12H19N3O. The summed E-state index contributed by atoms with van der Waals surface area (Å²) in [6, 6.07) is 0. The van der Waals surface area contributed by atoms with Gasteiger partial charge >= 0.3 is 0 Å². The van der Waals surface area contributed by atoms with Crippen LogP contribution in [0.4, 0.5) is 0 Å². The summed E-state index contributed by atoms with van der Waals surface area (Å²) in [6.07, 6.45) is 3.15. The maximum Gasteiger partial charge on any atom is 0.274 e. The fraction of sp³-hybridized carbons (Fsp3) is 0.583. The molecule has 0 spiro atoms. The molecule has 0 aliphatic heterocycles. The first-order valence-electron chi connectivity index (χ1n) is 5.47. The molecule has 88 valence electrons. The molecule has 1 amide bonds. The van der Waals surface area contributed by atoms with Gasteiger partial charge in [0.05, 0.1) is 11.9 Å². The molecule has 0 aliphatic rings. The first kappa shape index (κ1) is 12.6. The second-order valence-corrected chi connectivity index (χ2v) is 4.76. The molecule has 4 heteroatoms. The summed E-state index contributed by atoms with van der Waals surface area (Å²) in [6.45, 7) is 10.5. The van der Waals surface area contributed by atoms with Gasteiger partial charge in [-0.25, -0.2) is 4.98 Å². The maximum atomic E-state index is 12.2. The number of hydrogen-bond acceptors (Lipinski definition) is 3. The van der Waals surface area contributed by atoms with E-state index in [0.29, 0.717) is 12.2 Å². The number of aromatic nitrogens is 2. The fourth-order valence-electron chi connectivity index (χ4n) is 1.56. The number of hydrogen-bond donors (Lipinski definition) is 0. The normalized spacial score (nSPS) is 11.3. The van der Waals surface area contributed by atoms with Crippen LogP contribution < -0.4 is 0 Å². The number of nitrogens with zero attached hydrogens (tertiary/aromatic N) is 3. The fourth-order valence-corrected chi connectivity index (χ4v) is 1.56. The summed E-state index contributed by atoms with van der Waals surface area (Å²) in [4.78, 5) is 22.1. The summed E-state index contributed by atoms with van der Waals surface area (Å²) in [5.74, 6) is -0.0671. The van der Waals surface area contributed by atoms with E-state index < -0.39 is 0 Å². The summed E-state index contributed by atoms with van der Waals surface area (Å²) in [5, 5.41) is 0. The van der Waals surface area contributed by atoms with E-state index in [0.717, 1.165) is 5.69 Å². The summed E-state index contributed by atoms with van der Waals surface area (Å²) in [5.41, 5.74) is 1.02. The van der Waals surface area contributed by atoms with Crippen molar-refractivity contribution in [2.45, 2.75) is 40.2 Å². The Morgan fingerprint density at radius 2 is 1.94 bits per heavy atom. The highest BCUT2D eigenvalue weighted by atomic mass is 16.2. The van der Waals surface area contributed by atoms with Crippen molar-refractivity contribution in [3.05, 3.63) is 23.8 Å². The minimum atomic E-state index is -0.196. The van der Waals surface area contributed by atoms with Crippen molar-refractivity contribution in [3.8, 4) is 0 Å². The quantitative estimate of drug-likeness (QED) is 0.767. The third-order valence-electron chi connectivity index (χ3n) is 2.37. The molecule has 16 heavy (non-hydrogen) atoms. The Bertz CT molecular complexity index is 365. The van der Waals surface area contributed by atoms with E-state index in [2.05, 4.69) is 9.97 Å². The number of carbonyl (C=O) groups is 1. The zero-order chi connectivity index (χ0) is 12.3. The Labute approximate surface area is 96.7 Å². The summed E-state index contributed by atoms with van der Waals surface area (Å²) < 4.78 is 0. The Balaban J connectivity index is 2.96. The molecule has 1 rings (SSSR count). The molecule has 0 N–H and O–H groups in total. The first-order chi connectivity index (χ1) is 7.36. The van der Waals surface area contributed by atoms with Gasteiger partial charge in [0.25, 0.3) is 5.91 Å². The van der Waals surface area contributed by atoms with Gasteiger partial charge in [0.1, 0.15) is 5.69 Å². The molecule has 1 heterocycles. The molecule has 0 unspecified atom stereocenters. The smallest absolute Gasteiger partial charge is 0.274 e. The van der Waals surface area contributed by atoms with Crippen LogP contribution >= 0.6 is 0 Å². The van der Waals surface area contributed by atoms with Crippen LogP contribution in [0.15, 0.2) is 12.4 Å². The molecule has 0 radical (unpaired) electrons. The van der Waals surface area contributed by atoms with Gasteiger partial charge in [-0.05, 0) is 34.6 Å². The zero-order valence-corrected chi connectivity index (χ0v) is 10.6. The van der Waals surface area contributed by atoms with Crippen molar-refractivity contribution in [1.82, 2.24) is 14.9 Å². The summed E-state index contributed by atoms with van der Waals surface area (Å²) >= 11 is 0. The van der Waals surface area contributed by atoms with Crippen molar-refractivity contribution in [3.63, 3.8) is 0 Å². The van der Waals surface area contributed by atoms with Gasteiger partial charge in [-0.15, -0.1) is 0 Å². The highest BCUT2D eigenvalue weighted by molar-refractivity contribution is 5.92. The van der Waals surface area contributed by atoms with Crippen LogP contribution in [-0.2, 0) is 0 Å². The lowest BCUT2D eigenvalue weighted by molar-refractivity contribution is 0.0592. The van der Waals surface area contributed by atoms with Crippen molar-refractivity contribution in [2.75, 3.05) is 6.54 Å². The van der Waals surface area contributed by atoms with E-state index >= 15 is 0 Å². The van der Waals surface area contributed by atoms with Crippen molar-refractivity contribution < 1.29 is 4.79 Å². The van der Waals surface area contributed by atoms with Crippen LogP contribution in [-0.4, -0.2) is 32.9 Å². The number of rotatable bonds is 2. The van der Waals surface area contributed by atoms with Crippen molar-refractivity contribution in [2.24, 2.45) is 0 Å². The summed E-state index contributed by atoms with van der Waals surface area (Å²) in [7, 11) is 0. The third kappa shape index (κ3) is 2.78. The topological polar surface area (TPSA) is 46.1 Å². The van der Waals surface area contributed by atoms with Crippen LogP contribution in [0.25, 0.3) is 0 Å². The SMILES string of the molecule is CCN(C(=O)c1cnc(C)cn1)C(C)(C)C. The molecule has 4 nitrogen and oxygen atoms in total. The van der Waals surface area contributed by atoms with Crippen molar-refractivity contribution in [1.29, 1.82) is 0 Å². The maximum absolute atomic E-state index is 12.2. The predicted molar refractivity (Wildman–Crippen MR) is 63.2 cm³/mol. The minimum Gasteiger partial charge on any atom is -0.333 e. The van der Waals surface area contributed by atoms with Crippen molar-refractivity contribution >= 4 is 5.91 Å². The van der Waals surface area contributed by atoms with E-state index in [9.17, 15) is 4.79 Å². The van der Waals surface area contributed by atoms with Gasteiger partial charge in [-0.3, -0.25) is 9.78 Å². The van der Waals surface area contributed by atoms with Gasteiger partial charge in [0.2, 0.25) is 0 Å². The van der Waals surface area contributed by atoms with Gasteiger partial charge in [-0.1, -0.05) is 0 Å². The van der Waals surface area contributed by atoms with Crippen LogP contribution in [0.1, 0.15) is 43.9 Å². The molecule has 1 aromatic rings. The van der Waals surface area contributed by atoms with Gasteiger partial charge < -0.3 is 4.90 Å². The van der Waals surface area contributed by atoms with Gasteiger partial charge in [0.15, 0.2) is 0 Å². The van der Waals surface area contributed by atoms with Crippen LogP contribution in [0.2, 0.25) is 0 Å². The largest absolute Gasteiger partial charge is 0.333 e. The van der Waals surface area contributed by atoms with E-state index in [4.69, 9.17) is 0 Å². The Morgan fingerprint density at radius 1 is 1.31 bits per heavy atom. The van der Waals surface area contributed by atoms with E-state index in [-0.39, 0.29) is 11.4 Å². The lowest BCUT2D eigenvalue weighted by atomic mass is 10.1. The number of carbonyl (C=O) groups excluding carboxylic acids is 1. The average Bonchev–Trinajstić information content (AvgIpc) is 2.17. The van der Waals surface area contributed by atoms with Crippen LogP contribution in [0, 0.1) is 6.92 Å². The second kappa shape index (κ2) is 4.60. The molecule has 0 atom stereocenters. The molecule has 0 saturated carbocycles. The van der Waals surface area contributed by atoms with E-state index in [1.54, 1.807) is 11.1 Å². The monoisotopic (exact) mass is 221 g/mol. The van der Waals surface area contributed by atoms with Crippen LogP contribution in [0.5, 0.6) is 0 Å².